The molecule has 2 N–H and O–H groups in total. The quantitative estimate of drug-likeness (QED) is 0.463. The minimum absolute atomic E-state index is 0.214. The van der Waals surface area contributed by atoms with Gasteiger partial charge in [0.05, 0.1) is 19.3 Å². The molecule has 0 aliphatic heterocycles. The van der Waals surface area contributed by atoms with Gasteiger partial charge in [0.2, 0.25) is 0 Å². The molecule has 7 nitrogen and oxygen atoms in total. The van der Waals surface area contributed by atoms with Crippen LogP contribution in [0.2, 0.25) is 0 Å². The summed E-state index contributed by atoms with van der Waals surface area (Å²) in [5.74, 6) is -0.574. The van der Waals surface area contributed by atoms with Crippen molar-refractivity contribution in [2.24, 2.45) is 0 Å². The normalized spacial score (nSPS) is 10.1. The Kier molecular flexibility index (Phi) is 10.5. The van der Waals surface area contributed by atoms with E-state index in [0.29, 0.717) is 30.8 Å². The van der Waals surface area contributed by atoms with Crippen LogP contribution in [0.1, 0.15) is 55.8 Å². The number of rotatable bonds is 11. The van der Waals surface area contributed by atoms with Crippen LogP contribution in [-0.2, 0) is 14.3 Å². The van der Waals surface area contributed by atoms with E-state index in [2.05, 4.69) is 15.4 Å². The van der Waals surface area contributed by atoms with Crippen LogP contribution in [-0.4, -0.2) is 38.2 Å². The second-order valence-electron chi connectivity index (χ2n) is 5.83. The van der Waals surface area contributed by atoms with Gasteiger partial charge in [0.25, 0.3) is 0 Å². The molecule has 0 heterocycles. The first-order chi connectivity index (χ1) is 12.6. The zero-order valence-electron chi connectivity index (χ0n) is 15.5. The lowest BCUT2D eigenvalue weighted by Crippen LogP contribution is -2.29. The van der Waals surface area contributed by atoms with Crippen molar-refractivity contribution in [1.82, 2.24) is 5.32 Å². The number of benzene rings is 1. The lowest BCUT2D eigenvalue weighted by Gasteiger charge is -2.08. The van der Waals surface area contributed by atoms with Crippen LogP contribution < -0.4 is 10.6 Å². The van der Waals surface area contributed by atoms with E-state index >= 15 is 0 Å². The second-order valence-corrected chi connectivity index (χ2v) is 5.83. The van der Waals surface area contributed by atoms with Gasteiger partial charge in [-0.05, 0) is 43.5 Å². The standard InChI is InChI=1S/C19H28N2O5/c1-3-4-14-26-18(23)15-9-11-16(12-10-15)21-19(24)20-13-7-5-6-8-17(22)25-2/h9-12H,3-8,13-14H2,1-2H3,(H2,20,21,24). The number of urea groups is 1. The van der Waals surface area contributed by atoms with Crippen LogP contribution >= 0.6 is 0 Å². The predicted molar refractivity (Wildman–Crippen MR) is 99.1 cm³/mol. The molecular formula is C19H28N2O5. The molecular weight excluding hydrogens is 336 g/mol. The number of amides is 2. The Morgan fingerprint density at radius 2 is 1.73 bits per heavy atom. The van der Waals surface area contributed by atoms with Crippen molar-refractivity contribution in [2.75, 3.05) is 25.6 Å². The van der Waals surface area contributed by atoms with Crippen molar-refractivity contribution in [3.8, 4) is 0 Å². The van der Waals surface area contributed by atoms with Gasteiger partial charge < -0.3 is 20.1 Å². The second kappa shape index (κ2) is 12.7. The Balaban J connectivity index is 2.23. The first kappa shape index (κ1) is 21.5. The van der Waals surface area contributed by atoms with Gasteiger partial charge in [0.1, 0.15) is 0 Å². The third-order valence-corrected chi connectivity index (χ3v) is 3.68. The monoisotopic (exact) mass is 364 g/mol. The number of carbonyl (C=O) groups is 3. The molecule has 0 atom stereocenters. The fourth-order valence-electron chi connectivity index (χ4n) is 2.13. The number of carbonyl (C=O) groups excluding carboxylic acids is 3. The van der Waals surface area contributed by atoms with Crippen molar-refractivity contribution in [3.05, 3.63) is 29.8 Å². The minimum Gasteiger partial charge on any atom is -0.469 e. The summed E-state index contributed by atoms with van der Waals surface area (Å²) in [6, 6.07) is 6.25. The molecule has 7 heteroatoms. The van der Waals surface area contributed by atoms with E-state index in [1.165, 1.54) is 7.11 Å². The van der Waals surface area contributed by atoms with Gasteiger partial charge >= 0.3 is 18.0 Å². The van der Waals surface area contributed by atoms with Gasteiger partial charge in [-0.2, -0.15) is 0 Å². The molecule has 0 aliphatic carbocycles. The van der Waals surface area contributed by atoms with Gasteiger partial charge in [0.15, 0.2) is 0 Å². The molecule has 0 fully saturated rings. The summed E-state index contributed by atoms with van der Waals surface area (Å²) in [5.41, 5.74) is 1.05. The molecule has 0 aliphatic rings. The Bertz CT molecular complexity index is 572. The van der Waals surface area contributed by atoms with Crippen LogP contribution in [0.15, 0.2) is 24.3 Å². The molecule has 1 aromatic carbocycles. The lowest BCUT2D eigenvalue weighted by atomic mass is 10.2. The third kappa shape index (κ3) is 9.05. The fourth-order valence-corrected chi connectivity index (χ4v) is 2.13. The summed E-state index contributed by atoms with van der Waals surface area (Å²) in [5, 5.41) is 5.45. The largest absolute Gasteiger partial charge is 0.469 e. The zero-order valence-corrected chi connectivity index (χ0v) is 15.5. The van der Waals surface area contributed by atoms with E-state index in [1.807, 2.05) is 6.92 Å². The van der Waals surface area contributed by atoms with Gasteiger partial charge in [-0.15, -0.1) is 0 Å². The Hall–Kier alpha value is -2.57. The molecule has 0 spiro atoms. The maximum Gasteiger partial charge on any atom is 0.338 e. The smallest absolute Gasteiger partial charge is 0.338 e. The first-order valence-electron chi connectivity index (χ1n) is 8.95. The molecule has 26 heavy (non-hydrogen) atoms. The lowest BCUT2D eigenvalue weighted by molar-refractivity contribution is -0.140. The first-order valence-corrected chi connectivity index (χ1v) is 8.95. The van der Waals surface area contributed by atoms with Crippen molar-refractivity contribution in [2.45, 2.75) is 45.4 Å². The Labute approximate surface area is 154 Å². The van der Waals surface area contributed by atoms with Crippen LogP contribution in [0.5, 0.6) is 0 Å². The molecule has 0 unspecified atom stereocenters. The Morgan fingerprint density at radius 1 is 1.00 bits per heavy atom. The van der Waals surface area contributed by atoms with Gasteiger partial charge in [-0.25, -0.2) is 9.59 Å². The minimum atomic E-state index is -0.360. The molecule has 1 aromatic rings. The highest BCUT2D eigenvalue weighted by Crippen LogP contribution is 2.11. The molecule has 0 aromatic heterocycles. The summed E-state index contributed by atoms with van der Waals surface area (Å²) >= 11 is 0. The molecule has 1 rings (SSSR count). The van der Waals surface area contributed by atoms with E-state index in [-0.39, 0.29) is 18.0 Å². The highest BCUT2D eigenvalue weighted by atomic mass is 16.5. The van der Waals surface area contributed by atoms with E-state index in [9.17, 15) is 14.4 Å². The highest BCUT2D eigenvalue weighted by Gasteiger charge is 2.07. The number of nitrogens with one attached hydrogen (secondary N) is 2. The zero-order chi connectivity index (χ0) is 19.2. The van der Waals surface area contributed by atoms with Crippen molar-refractivity contribution in [3.63, 3.8) is 0 Å². The van der Waals surface area contributed by atoms with Crippen LogP contribution in [0.3, 0.4) is 0 Å². The molecule has 0 radical (unpaired) electrons. The van der Waals surface area contributed by atoms with Crippen molar-refractivity contribution >= 4 is 23.7 Å². The van der Waals surface area contributed by atoms with E-state index < -0.39 is 0 Å². The number of hydrogen-bond donors (Lipinski definition) is 2. The van der Waals surface area contributed by atoms with Crippen molar-refractivity contribution in [1.29, 1.82) is 0 Å². The van der Waals surface area contributed by atoms with Crippen LogP contribution in [0, 0.1) is 0 Å². The number of anilines is 1. The van der Waals surface area contributed by atoms with E-state index in [4.69, 9.17) is 4.74 Å². The molecule has 0 bridgehead atoms. The number of methoxy groups -OCH3 is 1. The molecule has 2 amide bonds. The topological polar surface area (TPSA) is 93.7 Å². The van der Waals surface area contributed by atoms with E-state index in [1.54, 1.807) is 24.3 Å². The number of unbranched alkanes of at least 4 members (excludes halogenated alkanes) is 3. The summed E-state index contributed by atoms with van der Waals surface area (Å²) in [7, 11) is 1.37. The van der Waals surface area contributed by atoms with Crippen LogP contribution in [0.25, 0.3) is 0 Å². The SMILES string of the molecule is CCCCOC(=O)c1ccc(NC(=O)NCCCCCC(=O)OC)cc1. The summed E-state index contributed by atoms with van der Waals surface area (Å²) in [4.78, 5) is 34.6. The highest BCUT2D eigenvalue weighted by molar-refractivity contribution is 5.92. The van der Waals surface area contributed by atoms with Gasteiger partial charge in [-0.1, -0.05) is 19.8 Å². The maximum atomic E-state index is 11.8. The molecule has 0 saturated carbocycles. The number of hydrogen-bond acceptors (Lipinski definition) is 5. The summed E-state index contributed by atoms with van der Waals surface area (Å²) in [6.45, 7) is 2.97. The predicted octanol–water partition coefficient (Wildman–Crippen LogP) is 3.50. The van der Waals surface area contributed by atoms with Crippen LogP contribution in [0.4, 0.5) is 10.5 Å². The summed E-state index contributed by atoms with van der Waals surface area (Å²) in [6.07, 6.45) is 4.57. The fraction of sp³-hybridized carbons (Fsp3) is 0.526. The average molecular weight is 364 g/mol. The average Bonchev–Trinajstić information content (AvgIpc) is 2.65. The van der Waals surface area contributed by atoms with E-state index in [0.717, 1.165) is 32.1 Å². The van der Waals surface area contributed by atoms with Gasteiger partial charge in [0, 0.05) is 18.7 Å². The molecule has 0 saturated heterocycles. The van der Waals surface area contributed by atoms with Crippen molar-refractivity contribution < 1.29 is 23.9 Å². The summed E-state index contributed by atoms with van der Waals surface area (Å²) < 4.78 is 9.69. The number of ether oxygens (including phenoxy) is 2. The third-order valence-electron chi connectivity index (χ3n) is 3.68. The number of esters is 2. The maximum absolute atomic E-state index is 11.8. The van der Waals surface area contributed by atoms with Gasteiger partial charge in [-0.3, -0.25) is 4.79 Å². The Morgan fingerprint density at radius 3 is 2.38 bits per heavy atom. The molecule has 144 valence electrons.